The van der Waals surface area contributed by atoms with Crippen molar-refractivity contribution in [2.75, 3.05) is 11.9 Å². The van der Waals surface area contributed by atoms with Crippen molar-refractivity contribution in [3.05, 3.63) is 61.9 Å². The van der Waals surface area contributed by atoms with E-state index in [-0.39, 0.29) is 11.6 Å². The van der Waals surface area contributed by atoms with Crippen molar-refractivity contribution in [3.63, 3.8) is 0 Å². The lowest BCUT2D eigenvalue weighted by atomic mass is 10.2. The number of hydrogen-bond acceptors (Lipinski definition) is 1. The van der Waals surface area contributed by atoms with E-state index >= 15 is 0 Å². The lowest BCUT2D eigenvalue weighted by molar-refractivity contribution is 0.0991. The largest absolute Gasteiger partial charge is 0.309 e. The van der Waals surface area contributed by atoms with E-state index < -0.39 is 5.82 Å². The van der Waals surface area contributed by atoms with Gasteiger partial charge in [0.1, 0.15) is 5.82 Å². The fourth-order valence-electron chi connectivity index (χ4n) is 1.68. The maximum Gasteiger partial charge on any atom is 0.259 e. The molecule has 0 N–H and O–H groups in total. The number of rotatable bonds is 2. The zero-order valence-corrected chi connectivity index (χ0v) is 13.8. The van der Waals surface area contributed by atoms with Gasteiger partial charge in [-0.05, 0) is 52.9 Å². The van der Waals surface area contributed by atoms with Crippen molar-refractivity contribution in [2.24, 2.45) is 0 Å². The first kappa shape index (κ1) is 14.5. The normalized spacial score (nSPS) is 10.3. The molecular formula is C14H10BrFINO. The second-order valence-corrected chi connectivity index (χ2v) is 6.02. The lowest BCUT2D eigenvalue weighted by Crippen LogP contribution is -2.27. The number of para-hydroxylation sites is 1. The van der Waals surface area contributed by atoms with Crippen molar-refractivity contribution >= 4 is 50.1 Å². The topological polar surface area (TPSA) is 20.3 Å². The maximum absolute atomic E-state index is 13.7. The van der Waals surface area contributed by atoms with Gasteiger partial charge in [0, 0.05) is 15.1 Å². The van der Waals surface area contributed by atoms with Gasteiger partial charge < -0.3 is 4.90 Å². The van der Waals surface area contributed by atoms with E-state index in [1.54, 1.807) is 31.3 Å². The summed E-state index contributed by atoms with van der Waals surface area (Å²) in [5.41, 5.74) is 0.809. The average Bonchev–Trinajstić information content (AvgIpc) is 2.40. The highest BCUT2D eigenvalue weighted by Gasteiger charge is 2.18. The molecule has 5 heteroatoms. The van der Waals surface area contributed by atoms with Gasteiger partial charge in [-0.15, -0.1) is 0 Å². The number of carbonyl (C=O) groups is 1. The number of anilines is 1. The van der Waals surface area contributed by atoms with Crippen LogP contribution < -0.4 is 4.90 Å². The van der Waals surface area contributed by atoms with E-state index in [2.05, 4.69) is 38.5 Å². The Balaban J connectivity index is 2.39. The highest BCUT2D eigenvalue weighted by molar-refractivity contribution is 14.1. The number of carbonyl (C=O) groups excluding carboxylic acids is 1. The summed E-state index contributed by atoms with van der Waals surface area (Å²) in [6, 6.07) is 11.7. The van der Waals surface area contributed by atoms with Crippen molar-refractivity contribution in [1.82, 2.24) is 0 Å². The standard InChI is InChI=1S/C14H10BrFINO/c1-18(13-5-3-2-4-11(13)16)14(19)10-8-9(15)6-7-12(10)17/h2-8H,1H3. The molecule has 0 aliphatic rings. The van der Waals surface area contributed by atoms with Gasteiger partial charge in [0.05, 0.1) is 11.3 Å². The van der Waals surface area contributed by atoms with Crippen LogP contribution in [0.15, 0.2) is 46.9 Å². The molecule has 0 saturated heterocycles. The third-order valence-electron chi connectivity index (χ3n) is 2.68. The lowest BCUT2D eigenvalue weighted by Gasteiger charge is -2.18. The quantitative estimate of drug-likeness (QED) is 0.640. The fourth-order valence-corrected chi connectivity index (χ4v) is 2.60. The maximum atomic E-state index is 13.7. The molecule has 2 aromatic rings. The number of benzene rings is 2. The zero-order chi connectivity index (χ0) is 14.0. The minimum atomic E-state index is -0.414. The van der Waals surface area contributed by atoms with E-state index in [0.717, 1.165) is 8.04 Å². The number of hydrogen-bond donors (Lipinski definition) is 0. The molecule has 0 spiro atoms. The molecule has 0 bridgehead atoms. The summed E-state index contributed by atoms with van der Waals surface area (Å²) in [6.07, 6.45) is 0. The van der Waals surface area contributed by atoms with Gasteiger partial charge in [-0.2, -0.15) is 0 Å². The molecular weight excluding hydrogens is 424 g/mol. The predicted octanol–water partition coefficient (Wildman–Crippen LogP) is 4.47. The molecule has 2 nitrogen and oxygen atoms in total. The fraction of sp³-hybridized carbons (Fsp3) is 0.0714. The van der Waals surface area contributed by atoms with Crippen LogP contribution in [0.4, 0.5) is 10.1 Å². The molecule has 19 heavy (non-hydrogen) atoms. The van der Waals surface area contributed by atoms with Crippen LogP contribution in [-0.2, 0) is 0 Å². The minimum Gasteiger partial charge on any atom is -0.309 e. The smallest absolute Gasteiger partial charge is 0.259 e. The van der Waals surface area contributed by atoms with Crippen LogP contribution in [0, 0.1) is 9.39 Å². The molecule has 0 aliphatic heterocycles. The molecule has 98 valence electrons. The number of amides is 1. The highest BCUT2D eigenvalue weighted by Crippen LogP contribution is 2.23. The number of nitrogens with zero attached hydrogens (tertiary/aromatic N) is 1. The minimum absolute atomic E-state index is 0.240. The van der Waals surface area contributed by atoms with Gasteiger partial charge in [0.25, 0.3) is 5.91 Å². The summed E-state index contributed by atoms with van der Waals surface area (Å²) in [5.74, 6) is -0.654. The SMILES string of the molecule is CN(C(=O)c1cc(Br)ccc1I)c1ccccc1F. The summed E-state index contributed by atoms with van der Waals surface area (Å²) in [4.78, 5) is 13.7. The summed E-state index contributed by atoms with van der Waals surface area (Å²) in [7, 11) is 1.57. The Morgan fingerprint density at radius 2 is 1.95 bits per heavy atom. The van der Waals surface area contributed by atoms with Gasteiger partial charge in [0.2, 0.25) is 0 Å². The van der Waals surface area contributed by atoms with Crippen LogP contribution in [0.2, 0.25) is 0 Å². The molecule has 0 saturated carbocycles. The van der Waals surface area contributed by atoms with Crippen LogP contribution in [0.5, 0.6) is 0 Å². The van der Waals surface area contributed by atoms with Crippen LogP contribution in [0.3, 0.4) is 0 Å². The van der Waals surface area contributed by atoms with Gasteiger partial charge in [-0.3, -0.25) is 4.79 Å². The average molecular weight is 434 g/mol. The van der Waals surface area contributed by atoms with Gasteiger partial charge in [0.15, 0.2) is 0 Å². The zero-order valence-electron chi connectivity index (χ0n) is 10.0. The van der Waals surface area contributed by atoms with E-state index in [1.807, 2.05) is 12.1 Å². The Morgan fingerprint density at radius 1 is 1.26 bits per heavy atom. The van der Waals surface area contributed by atoms with Crippen LogP contribution in [0.1, 0.15) is 10.4 Å². The summed E-state index contributed by atoms with van der Waals surface area (Å²) in [6.45, 7) is 0. The molecule has 2 aromatic carbocycles. The van der Waals surface area contributed by atoms with Gasteiger partial charge >= 0.3 is 0 Å². The summed E-state index contributed by atoms with van der Waals surface area (Å²) in [5, 5.41) is 0. The third kappa shape index (κ3) is 3.14. The Kier molecular flexibility index (Phi) is 4.57. The molecule has 0 unspecified atom stereocenters. The van der Waals surface area contributed by atoms with Crippen molar-refractivity contribution < 1.29 is 9.18 Å². The van der Waals surface area contributed by atoms with Crippen molar-refractivity contribution in [1.29, 1.82) is 0 Å². The monoisotopic (exact) mass is 433 g/mol. The molecule has 0 aliphatic carbocycles. The second kappa shape index (κ2) is 6.00. The van der Waals surface area contributed by atoms with Crippen LogP contribution in [-0.4, -0.2) is 13.0 Å². The second-order valence-electron chi connectivity index (χ2n) is 3.94. The van der Waals surface area contributed by atoms with Gasteiger partial charge in [-0.25, -0.2) is 4.39 Å². The first-order valence-corrected chi connectivity index (χ1v) is 7.35. The molecule has 2 rings (SSSR count). The van der Waals surface area contributed by atoms with Crippen molar-refractivity contribution in [2.45, 2.75) is 0 Å². The molecule has 0 atom stereocenters. The first-order valence-electron chi connectivity index (χ1n) is 5.48. The molecule has 0 fully saturated rings. The summed E-state index contributed by atoms with van der Waals surface area (Å²) < 4.78 is 15.3. The van der Waals surface area contributed by atoms with Crippen LogP contribution >= 0.6 is 38.5 Å². The molecule has 0 aromatic heterocycles. The third-order valence-corrected chi connectivity index (χ3v) is 4.11. The van der Waals surface area contributed by atoms with Crippen molar-refractivity contribution in [3.8, 4) is 0 Å². The molecule has 0 radical (unpaired) electrons. The Labute approximate surface area is 132 Å². The predicted molar refractivity (Wildman–Crippen MR) is 86.0 cm³/mol. The molecule has 1 amide bonds. The molecule has 0 heterocycles. The number of halogens is 3. The Hall–Kier alpha value is -0.950. The Bertz CT molecular complexity index is 633. The van der Waals surface area contributed by atoms with Gasteiger partial charge in [-0.1, -0.05) is 28.1 Å². The van der Waals surface area contributed by atoms with E-state index in [1.165, 1.54) is 11.0 Å². The first-order chi connectivity index (χ1) is 9.00. The Morgan fingerprint density at radius 3 is 2.63 bits per heavy atom. The van der Waals surface area contributed by atoms with E-state index in [0.29, 0.717) is 5.56 Å². The summed E-state index contributed by atoms with van der Waals surface area (Å²) >= 11 is 5.43. The van der Waals surface area contributed by atoms with Crippen LogP contribution in [0.25, 0.3) is 0 Å². The van der Waals surface area contributed by atoms with E-state index in [4.69, 9.17) is 0 Å². The van der Waals surface area contributed by atoms with E-state index in [9.17, 15) is 9.18 Å². The highest BCUT2D eigenvalue weighted by atomic mass is 127.